The van der Waals surface area contributed by atoms with Gasteiger partial charge in [-0.1, -0.05) is 11.6 Å². The van der Waals surface area contributed by atoms with Crippen molar-refractivity contribution in [1.82, 2.24) is 4.31 Å². The van der Waals surface area contributed by atoms with Crippen LogP contribution in [0.25, 0.3) is 0 Å². The van der Waals surface area contributed by atoms with Crippen molar-refractivity contribution in [2.75, 3.05) is 12.3 Å². The zero-order valence-corrected chi connectivity index (χ0v) is 13.3. The molecule has 0 fully saturated rings. The van der Waals surface area contributed by atoms with Crippen LogP contribution in [0, 0.1) is 18.3 Å². The number of halogens is 1. The van der Waals surface area contributed by atoms with E-state index in [-0.39, 0.29) is 23.9 Å². The van der Waals surface area contributed by atoms with Crippen molar-refractivity contribution in [2.24, 2.45) is 0 Å². The molecule has 0 saturated heterocycles. The molecule has 110 valence electrons. The molecule has 0 saturated carbocycles. The van der Waals surface area contributed by atoms with Crippen molar-refractivity contribution in [2.45, 2.75) is 38.1 Å². The molecule has 20 heavy (non-hydrogen) atoms. The van der Waals surface area contributed by atoms with E-state index in [1.165, 1.54) is 16.4 Å². The Hall–Kier alpha value is -1.29. The zero-order valence-electron chi connectivity index (χ0n) is 11.7. The van der Waals surface area contributed by atoms with Crippen LogP contribution in [0.4, 0.5) is 5.69 Å². The molecule has 1 aromatic carbocycles. The molecule has 0 aliphatic rings. The number of hydrogen-bond acceptors (Lipinski definition) is 4. The van der Waals surface area contributed by atoms with Gasteiger partial charge in [-0.3, -0.25) is 0 Å². The largest absolute Gasteiger partial charge is 0.398 e. The third-order valence-electron chi connectivity index (χ3n) is 2.98. The van der Waals surface area contributed by atoms with Crippen LogP contribution in [0.1, 0.15) is 25.8 Å². The molecule has 0 aliphatic carbocycles. The molecule has 0 amide bonds. The van der Waals surface area contributed by atoms with E-state index >= 15 is 0 Å². The first-order valence-electron chi connectivity index (χ1n) is 6.16. The summed E-state index contributed by atoms with van der Waals surface area (Å²) in [5, 5.41) is 8.96. The van der Waals surface area contributed by atoms with Gasteiger partial charge in [-0.05, 0) is 38.5 Å². The number of rotatable bonds is 5. The van der Waals surface area contributed by atoms with Crippen LogP contribution in [-0.4, -0.2) is 25.3 Å². The van der Waals surface area contributed by atoms with Crippen LogP contribution in [0.5, 0.6) is 0 Å². The molecular formula is C13H18ClN3O2S. The number of nitrogens with two attached hydrogens (primary N) is 1. The maximum atomic E-state index is 12.6. The molecule has 7 heteroatoms. The molecule has 2 N–H and O–H groups in total. The van der Waals surface area contributed by atoms with Crippen LogP contribution in [0.15, 0.2) is 17.0 Å². The van der Waals surface area contributed by atoms with Gasteiger partial charge in [0.15, 0.2) is 0 Å². The standard InChI is InChI=1S/C13H18ClN3O2S/c1-9(2)17(6-4-5-15)20(18,19)11-7-12(14)10(3)13(16)8-11/h7-9H,4,6,16H2,1-3H3. The number of nitriles is 1. The minimum Gasteiger partial charge on any atom is -0.398 e. The van der Waals surface area contributed by atoms with E-state index < -0.39 is 10.0 Å². The van der Waals surface area contributed by atoms with E-state index in [4.69, 9.17) is 22.6 Å². The highest BCUT2D eigenvalue weighted by molar-refractivity contribution is 7.89. The topological polar surface area (TPSA) is 87.2 Å². The second kappa shape index (κ2) is 6.44. The minimum atomic E-state index is -3.72. The summed E-state index contributed by atoms with van der Waals surface area (Å²) in [6, 6.07) is 4.49. The Kier molecular flexibility index (Phi) is 5.40. The summed E-state index contributed by atoms with van der Waals surface area (Å²) in [4.78, 5) is 0.0530. The summed E-state index contributed by atoms with van der Waals surface area (Å²) in [5.41, 5.74) is 6.76. The summed E-state index contributed by atoms with van der Waals surface area (Å²) >= 11 is 6.00. The van der Waals surface area contributed by atoms with E-state index in [2.05, 4.69) is 0 Å². The maximum absolute atomic E-state index is 12.6. The number of nitrogen functional groups attached to an aromatic ring is 1. The average Bonchev–Trinajstić information content (AvgIpc) is 2.35. The lowest BCUT2D eigenvalue weighted by Gasteiger charge is -2.25. The van der Waals surface area contributed by atoms with E-state index in [1.54, 1.807) is 20.8 Å². The predicted octanol–water partition coefficient (Wildman–Crippen LogP) is 2.54. The molecule has 5 nitrogen and oxygen atoms in total. The van der Waals surface area contributed by atoms with Crippen molar-refractivity contribution >= 4 is 27.3 Å². The van der Waals surface area contributed by atoms with Crippen LogP contribution in [-0.2, 0) is 10.0 Å². The Morgan fingerprint density at radius 2 is 2.05 bits per heavy atom. The van der Waals surface area contributed by atoms with Crippen molar-refractivity contribution in [3.8, 4) is 6.07 Å². The van der Waals surface area contributed by atoms with Crippen LogP contribution in [0.3, 0.4) is 0 Å². The molecule has 0 unspecified atom stereocenters. The summed E-state index contributed by atoms with van der Waals surface area (Å²) in [6.07, 6.45) is 0.131. The third-order valence-corrected chi connectivity index (χ3v) is 5.43. The number of sulfonamides is 1. The summed E-state index contributed by atoms with van der Waals surface area (Å²) in [6.45, 7) is 5.38. The van der Waals surface area contributed by atoms with Crippen molar-refractivity contribution in [3.63, 3.8) is 0 Å². The van der Waals surface area contributed by atoms with E-state index in [0.29, 0.717) is 16.3 Å². The van der Waals surface area contributed by atoms with Gasteiger partial charge in [-0.2, -0.15) is 9.57 Å². The molecule has 1 rings (SSSR count). The van der Waals surface area contributed by atoms with Crippen molar-refractivity contribution < 1.29 is 8.42 Å². The van der Waals surface area contributed by atoms with Crippen molar-refractivity contribution in [3.05, 3.63) is 22.7 Å². The monoisotopic (exact) mass is 315 g/mol. The fourth-order valence-electron chi connectivity index (χ4n) is 1.77. The number of nitrogens with zero attached hydrogens (tertiary/aromatic N) is 2. The van der Waals surface area contributed by atoms with E-state index in [9.17, 15) is 8.42 Å². The fourth-order valence-corrected chi connectivity index (χ4v) is 3.77. The summed E-state index contributed by atoms with van der Waals surface area (Å²) < 4.78 is 26.5. The van der Waals surface area contributed by atoms with Crippen LogP contribution < -0.4 is 5.73 Å². The highest BCUT2D eigenvalue weighted by Gasteiger charge is 2.27. The first-order valence-corrected chi connectivity index (χ1v) is 7.98. The van der Waals surface area contributed by atoms with Crippen LogP contribution >= 0.6 is 11.6 Å². The van der Waals surface area contributed by atoms with Gasteiger partial charge < -0.3 is 5.73 Å². The molecule has 0 radical (unpaired) electrons. The minimum absolute atomic E-state index is 0.0530. The SMILES string of the molecule is Cc1c(N)cc(S(=O)(=O)N(CCC#N)C(C)C)cc1Cl. The second-order valence-electron chi connectivity index (χ2n) is 4.74. The Labute approximate surface area is 125 Å². The number of anilines is 1. The molecule has 0 bridgehead atoms. The van der Waals surface area contributed by atoms with E-state index in [1.807, 2.05) is 6.07 Å². The first-order chi connectivity index (χ1) is 9.21. The summed E-state index contributed by atoms with van der Waals surface area (Å²) in [7, 11) is -3.72. The third kappa shape index (κ3) is 3.42. The Bertz CT molecular complexity index is 613. The van der Waals surface area contributed by atoms with Crippen molar-refractivity contribution in [1.29, 1.82) is 5.26 Å². The highest BCUT2D eigenvalue weighted by Crippen LogP contribution is 2.28. The Morgan fingerprint density at radius 1 is 1.45 bits per heavy atom. The number of hydrogen-bond donors (Lipinski definition) is 1. The van der Waals surface area contributed by atoms with Gasteiger partial charge >= 0.3 is 0 Å². The lowest BCUT2D eigenvalue weighted by Crippen LogP contribution is -2.37. The quantitative estimate of drug-likeness (QED) is 0.846. The van der Waals surface area contributed by atoms with Gasteiger partial charge in [0, 0.05) is 29.7 Å². The molecule has 1 aromatic rings. The molecule has 0 aliphatic heterocycles. The van der Waals surface area contributed by atoms with Gasteiger partial charge in [0.05, 0.1) is 11.0 Å². The van der Waals surface area contributed by atoms with Gasteiger partial charge in [-0.15, -0.1) is 0 Å². The lowest BCUT2D eigenvalue weighted by atomic mass is 10.2. The molecule has 0 spiro atoms. The highest BCUT2D eigenvalue weighted by atomic mass is 35.5. The molecule has 0 atom stereocenters. The fraction of sp³-hybridized carbons (Fsp3) is 0.462. The summed E-state index contributed by atoms with van der Waals surface area (Å²) in [5.74, 6) is 0. The van der Waals surface area contributed by atoms with Gasteiger partial charge in [0.1, 0.15) is 0 Å². The van der Waals surface area contributed by atoms with Gasteiger partial charge in [-0.25, -0.2) is 8.42 Å². The Balaban J connectivity index is 3.30. The normalized spacial score (nSPS) is 11.8. The second-order valence-corrected chi connectivity index (χ2v) is 7.03. The smallest absolute Gasteiger partial charge is 0.243 e. The first kappa shape index (κ1) is 16.8. The van der Waals surface area contributed by atoms with Crippen LogP contribution in [0.2, 0.25) is 5.02 Å². The van der Waals surface area contributed by atoms with E-state index in [0.717, 1.165) is 0 Å². The predicted molar refractivity (Wildman–Crippen MR) is 79.9 cm³/mol. The molecular weight excluding hydrogens is 298 g/mol. The van der Waals surface area contributed by atoms with Gasteiger partial charge in [0.25, 0.3) is 0 Å². The molecule has 0 heterocycles. The maximum Gasteiger partial charge on any atom is 0.243 e. The average molecular weight is 316 g/mol. The molecule has 0 aromatic heterocycles. The van der Waals surface area contributed by atoms with Gasteiger partial charge in [0.2, 0.25) is 10.0 Å². The lowest BCUT2D eigenvalue weighted by molar-refractivity contribution is 0.360. The zero-order chi connectivity index (χ0) is 15.5. The Morgan fingerprint density at radius 3 is 2.50 bits per heavy atom. The number of benzene rings is 1.